The first-order valence-electron chi connectivity index (χ1n) is 5.90. The van der Waals surface area contributed by atoms with Crippen molar-refractivity contribution in [2.45, 2.75) is 78.6 Å². The SMILES string of the molecule is C[C@@H]1[C@@H](C)[N](C(C)(C)C)[Sn][N]1C(C)(C)C. The van der Waals surface area contributed by atoms with E-state index in [1.165, 1.54) is 0 Å². The molecule has 0 aromatic carbocycles. The molecule has 88 valence electrons. The summed E-state index contributed by atoms with van der Waals surface area (Å²) in [5.74, 6) is 0. The van der Waals surface area contributed by atoms with Crippen LogP contribution in [0, 0.1) is 0 Å². The number of hydrogen-bond donors (Lipinski definition) is 0. The molecule has 2 atom stereocenters. The van der Waals surface area contributed by atoms with Gasteiger partial charge < -0.3 is 0 Å². The second-order valence-corrected chi connectivity index (χ2v) is 9.98. The average Bonchev–Trinajstić information content (AvgIpc) is 2.26. The molecule has 2 radical (unpaired) electrons. The van der Waals surface area contributed by atoms with Gasteiger partial charge in [0, 0.05) is 0 Å². The summed E-state index contributed by atoms with van der Waals surface area (Å²) in [7, 11) is 0. The fourth-order valence-corrected chi connectivity index (χ4v) is 6.90. The van der Waals surface area contributed by atoms with Crippen LogP contribution in [-0.2, 0) is 0 Å². The van der Waals surface area contributed by atoms with E-state index in [0.29, 0.717) is 11.1 Å². The van der Waals surface area contributed by atoms with Crippen molar-refractivity contribution < 1.29 is 0 Å². The van der Waals surface area contributed by atoms with Crippen molar-refractivity contribution in [1.82, 2.24) is 6.24 Å². The van der Waals surface area contributed by atoms with Crippen LogP contribution in [0.2, 0.25) is 0 Å². The molecular weight excluding hydrogens is 291 g/mol. The van der Waals surface area contributed by atoms with Crippen molar-refractivity contribution in [2.24, 2.45) is 0 Å². The molecule has 0 unspecified atom stereocenters. The topological polar surface area (TPSA) is 6.48 Å². The number of nitrogens with zero attached hydrogens (tertiary/aromatic N) is 2. The Morgan fingerprint density at radius 1 is 0.733 bits per heavy atom. The average molecular weight is 317 g/mol. The molecule has 1 fully saturated rings. The van der Waals surface area contributed by atoms with Gasteiger partial charge >= 0.3 is 106 Å². The van der Waals surface area contributed by atoms with Crippen LogP contribution in [0.5, 0.6) is 0 Å². The van der Waals surface area contributed by atoms with E-state index in [9.17, 15) is 0 Å². The summed E-state index contributed by atoms with van der Waals surface area (Å²) in [6, 6.07) is 1.44. The Hall–Kier alpha value is 0.719. The van der Waals surface area contributed by atoms with Gasteiger partial charge in [-0.1, -0.05) is 0 Å². The fourth-order valence-electron chi connectivity index (χ4n) is 2.25. The van der Waals surface area contributed by atoms with Gasteiger partial charge in [-0.05, 0) is 0 Å². The third-order valence-electron chi connectivity index (χ3n) is 3.17. The Balaban J connectivity index is 2.86. The standard InChI is InChI=1S/C12H26N2.Sn/c1-9(13-11(3,4)5)10(2)14-12(6,7)8;/h9-10H,1-8H3;/q-2;+2/t9-,10-;/m1./s1. The molecule has 0 aliphatic carbocycles. The Labute approximate surface area is 106 Å². The second-order valence-electron chi connectivity index (χ2n) is 6.66. The summed E-state index contributed by atoms with van der Waals surface area (Å²) >= 11 is -0.570. The molecule has 0 bridgehead atoms. The summed E-state index contributed by atoms with van der Waals surface area (Å²) < 4.78 is 5.54. The van der Waals surface area contributed by atoms with E-state index >= 15 is 0 Å². The van der Waals surface area contributed by atoms with Crippen LogP contribution in [0.1, 0.15) is 55.4 Å². The van der Waals surface area contributed by atoms with Crippen LogP contribution in [-0.4, -0.2) is 51.1 Å². The van der Waals surface area contributed by atoms with Crippen LogP contribution >= 0.6 is 0 Å². The van der Waals surface area contributed by atoms with E-state index in [0.717, 1.165) is 12.1 Å². The molecule has 0 saturated carbocycles. The minimum atomic E-state index is -0.570. The van der Waals surface area contributed by atoms with Gasteiger partial charge in [0.25, 0.3) is 0 Å². The molecule has 1 saturated heterocycles. The first kappa shape index (κ1) is 13.8. The van der Waals surface area contributed by atoms with Crippen LogP contribution in [0.4, 0.5) is 0 Å². The van der Waals surface area contributed by atoms with Crippen LogP contribution in [0.25, 0.3) is 0 Å². The van der Waals surface area contributed by atoms with Crippen molar-refractivity contribution >= 4 is 21.7 Å². The van der Waals surface area contributed by atoms with E-state index in [-0.39, 0.29) is 0 Å². The first-order valence-corrected chi connectivity index (χ1v) is 8.45. The molecule has 3 heteroatoms. The third kappa shape index (κ3) is 2.89. The molecule has 1 rings (SSSR count). The molecule has 15 heavy (non-hydrogen) atoms. The molecule has 0 aromatic rings. The molecule has 2 nitrogen and oxygen atoms in total. The zero-order valence-electron chi connectivity index (χ0n) is 11.5. The predicted molar refractivity (Wildman–Crippen MR) is 67.9 cm³/mol. The molecule has 0 spiro atoms. The van der Waals surface area contributed by atoms with Crippen molar-refractivity contribution in [3.63, 3.8) is 0 Å². The first-order chi connectivity index (χ1) is 6.55. The van der Waals surface area contributed by atoms with E-state index in [1.807, 2.05) is 0 Å². The van der Waals surface area contributed by atoms with E-state index in [4.69, 9.17) is 0 Å². The van der Waals surface area contributed by atoms with Crippen LogP contribution in [0.15, 0.2) is 0 Å². The van der Waals surface area contributed by atoms with Crippen LogP contribution < -0.4 is 0 Å². The van der Waals surface area contributed by atoms with Crippen molar-refractivity contribution in [2.75, 3.05) is 0 Å². The van der Waals surface area contributed by atoms with Crippen molar-refractivity contribution in [3.8, 4) is 0 Å². The fraction of sp³-hybridized carbons (Fsp3) is 1.00. The monoisotopic (exact) mass is 318 g/mol. The second kappa shape index (κ2) is 4.19. The minimum absolute atomic E-state index is 0.347. The summed E-state index contributed by atoms with van der Waals surface area (Å²) in [6.07, 6.45) is 0. The van der Waals surface area contributed by atoms with Gasteiger partial charge in [0.2, 0.25) is 0 Å². The summed E-state index contributed by atoms with van der Waals surface area (Å²) in [5, 5.41) is 0. The molecule has 1 heterocycles. The third-order valence-corrected chi connectivity index (χ3v) is 10.6. The van der Waals surface area contributed by atoms with Crippen molar-refractivity contribution in [1.29, 1.82) is 0 Å². The number of rotatable bonds is 0. The van der Waals surface area contributed by atoms with Gasteiger partial charge in [-0.3, -0.25) is 0 Å². The molecule has 1 aliphatic heterocycles. The van der Waals surface area contributed by atoms with E-state index < -0.39 is 21.7 Å². The Morgan fingerprint density at radius 2 is 1.00 bits per heavy atom. The molecule has 0 aromatic heterocycles. The van der Waals surface area contributed by atoms with Crippen molar-refractivity contribution in [3.05, 3.63) is 0 Å². The van der Waals surface area contributed by atoms with Gasteiger partial charge in [0.05, 0.1) is 0 Å². The molecule has 0 N–H and O–H groups in total. The molecule has 1 aliphatic rings. The summed E-state index contributed by atoms with van der Waals surface area (Å²) in [6.45, 7) is 18.9. The maximum atomic E-state index is 2.77. The van der Waals surface area contributed by atoms with Gasteiger partial charge in [-0.25, -0.2) is 0 Å². The molecule has 0 amide bonds. The Bertz CT molecular complexity index is 203. The van der Waals surface area contributed by atoms with E-state index in [2.05, 4.69) is 61.6 Å². The molecular formula is C12H26N2Sn. The van der Waals surface area contributed by atoms with Gasteiger partial charge in [0.15, 0.2) is 0 Å². The summed E-state index contributed by atoms with van der Waals surface area (Å²) in [5.41, 5.74) is 0.694. The van der Waals surface area contributed by atoms with Gasteiger partial charge in [-0.2, -0.15) is 0 Å². The Kier molecular flexibility index (Phi) is 3.85. The van der Waals surface area contributed by atoms with Gasteiger partial charge in [-0.15, -0.1) is 0 Å². The van der Waals surface area contributed by atoms with E-state index in [1.54, 1.807) is 0 Å². The number of hydrogen-bond acceptors (Lipinski definition) is 2. The van der Waals surface area contributed by atoms with Crippen LogP contribution in [0.3, 0.4) is 0 Å². The zero-order valence-corrected chi connectivity index (χ0v) is 14.4. The maximum absolute atomic E-state index is 2.77. The quantitative estimate of drug-likeness (QED) is 0.634. The predicted octanol–water partition coefficient (Wildman–Crippen LogP) is 2.51. The zero-order chi connectivity index (χ0) is 12.0. The van der Waals surface area contributed by atoms with Gasteiger partial charge in [0.1, 0.15) is 0 Å². The normalized spacial score (nSPS) is 31.2. The Morgan fingerprint density at radius 3 is 1.13 bits per heavy atom. The summed E-state index contributed by atoms with van der Waals surface area (Å²) in [4.78, 5) is 0.